The van der Waals surface area contributed by atoms with Crippen molar-refractivity contribution in [3.05, 3.63) is 77.7 Å². The van der Waals surface area contributed by atoms with E-state index < -0.39 is 0 Å². The lowest BCUT2D eigenvalue weighted by atomic mass is 10.1. The zero-order chi connectivity index (χ0) is 16.2. The number of aryl methyl sites for hydroxylation is 2. The van der Waals surface area contributed by atoms with Crippen molar-refractivity contribution in [2.75, 3.05) is 5.32 Å². The summed E-state index contributed by atoms with van der Waals surface area (Å²) in [5, 5.41) is 2.78. The summed E-state index contributed by atoms with van der Waals surface area (Å²) < 4.78 is 10.9. The smallest absolute Gasteiger partial charge is 0.291 e. The maximum Gasteiger partial charge on any atom is 0.291 e. The Hall–Kier alpha value is -3.01. The molecular weight excluding hydrogens is 290 g/mol. The Labute approximate surface area is 134 Å². The Kier molecular flexibility index (Phi) is 4.15. The zero-order valence-corrected chi connectivity index (χ0v) is 13.0. The monoisotopic (exact) mass is 307 g/mol. The van der Waals surface area contributed by atoms with Crippen LogP contribution in [0.2, 0.25) is 0 Å². The predicted octanol–water partition coefficient (Wildman–Crippen LogP) is 4.94. The van der Waals surface area contributed by atoms with Crippen molar-refractivity contribution in [2.24, 2.45) is 0 Å². The van der Waals surface area contributed by atoms with Crippen LogP contribution in [0.1, 0.15) is 21.7 Å². The van der Waals surface area contributed by atoms with Gasteiger partial charge in [-0.3, -0.25) is 4.79 Å². The van der Waals surface area contributed by atoms with E-state index in [1.54, 1.807) is 24.3 Å². The molecule has 0 unspecified atom stereocenters. The fourth-order valence-electron chi connectivity index (χ4n) is 2.15. The standard InChI is InChI=1S/C19H17NO3/c1-13-8-9-17(11-14(13)2)23-16-6-3-5-15(12-16)20-19(21)18-7-4-10-22-18/h3-12H,1-2H3,(H,20,21). The molecule has 0 fully saturated rings. The molecule has 0 aliphatic heterocycles. The Morgan fingerprint density at radius 1 is 0.957 bits per heavy atom. The highest BCUT2D eigenvalue weighted by Crippen LogP contribution is 2.26. The maximum absolute atomic E-state index is 12.0. The summed E-state index contributed by atoms with van der Waals surface area (Å²) in [6.07, 6.45) is 1.47. The van der Waals surface area contributed by atoms with Gasteiger partial charge in [0.2, 0.25) is 0 Å². The second kappa shape index (κ2) is 6.40. The van der Waals surface area contributed by atoms with E-state index in [-0.39, 0.29) is 11.7 Å². The van der Waals surface area contributed by atoms with Gasteiger partial charge in [-0.25, -0.2) is 0 Å². The second-order valence-electron chi connectivity index (χ2n) is 5.31. The summed E-state index contributed by atoms with van der Waals surface area (Å²) in [5.74, 6) is 1.40. The van der Waals surface area contributed by atoms with E-state index in [0.29, 0.717) is 11.4 Å². The van der Waals surface area contributed by atoms with E-state index in [1.165, 1.54) is 17.4 Å². The third-order valence-corrected chi connectivity index (χ3v) is 3.55. The number of carbonyl (C=O) groups excluding carboxylic acids is 1. The molecule has 1 aromatic heterocycles. The minimum atomic E-state index is -0.293. The molecular formula is C19H17NO3. The Morgan fingerprint density at radius 2 is 1.78 bits per heavy atom. The number of rotatable bonds is 4. The molecule has 0 saturated carbocycles. The molecule has 0 saturated heterocycles. The van der Waals surface area contributed by atoms with Crippen LogP contribution in [0.3, 0.4) is 0 Å². The largest absolute Gasteiger partial charge is 0.459 e. The number of hydrogen-bond donors (Lipinski definition) is 1. The third kappa shape index (κ3) is 3.61. The van der Waals surface area contributed by atoms with Crippen molar-refractivity contribution in [2.45, 2.75) is 13.8 Å². The topological polar surface area (TPSA) is 51.5 Å². The molecule has 2 aromatic carbocycles. The normalized spacial score (nSPS) is 10.3. The van der Waals surface area contributed by atoms with E-state index in [9.17, 15) is 4.79 Å². The average Bonchev–Trinajstić information content (AvgIpc) is 3.06. The van der Waals surface area contributed by atoms with Crippen molar-refractivity contribution in [3.63, 3.8) is 0 Å². The summed E-state index contributed by atoms with van der Waals surface area (Å²) in [4.78, 5) is 12.0. The van der Waals surface area contributed by atoms with Crippen molar-refractivity contribution < 1.29 is 13.9 Å². The molecule has 0 atom stereocenters. The van der Waals surface area contributed by atoms with Crippen LogP contribution in [-0.2, 0) is 0 Å². The number of carbonyl (C=O) groups is 1. The van der Waals surface area contributed by atoms with Crippen molar-refractivity contribution in [3.8, 4) is 11.5 Å². The lowest BCUT2D eigenvalue weighted by Gasteiger charge is -2.10. The van der Waals surface area contributed by atoms with Gasteiger partial charge >= 0.3 is 0 Å². The first-order valence-corrected chi connectivity index (χ1v) is 7.32. The van der Waals surface area contributed by atoms with Crippen LogP contribution >= 0.6 is 0 Å². The lowest BCUT2D eigenvalue weighted by Crippen LogP contribution is -2.10. The zero-order valence-electron chi connectivity index (χ0n) is 13.0. The molecule has 1 amide bonds. The highest BCUT2D eigenvalue weighted by Gasteiger charge is 2.09. The number of amides is 1. The number of furan rings is 1. The minimum Gasteiger partial charge on any atom is -0.459 e. The summed E-state index contributed by atoms with van der Waals surface area (Å²) in [6.45, 7) is 4.10. The van der Waals surface area contributed by atoms with Crippen molar-refractivity contribution >= 4 is 11.6 Å². The van der Waals surface area contributed by atoms with Crippen LogP contribution in [-0.4, -0.2) is 5.91 Å². The molecule has 23 heavy (non-hydrogen) atoms. The van der Waals surface area contributed by atoms with E-state index in [0.717, 1.165) is 5.75 Å². The van der Waals surface area contributed by atoms with Gasteiger partial charge in [-0.1, -0.05) is 12.1 Å². The van der Waals surface area contributed by atoms with Crippen LogP contribution in [0.15, 0.2) is 65.3 Å². The van der Waals surface area contributed by atoms with Crippen molar-refractivity contribution in [1.29, 1.82) is 0 Å². The maximum atomic E-state index is 12.0. The van der Waals surface area contributed by atoms with Crippen LogP contribution < -0.4 is 10.1 Å². The first-order valence-electron chi connectivity index (χ1n) is 7.32. The lowest BCUT2D eigenvalue weighted by molar-refractivity contribution is 0.0996. The molecule has 3 rings (SSSR count). The summed E-state index contributed by atoms with van der Waals surface area (Å²) in [6, 6.07) is 16.5. The Bertz CT molecular complexity index is 822. The van der Waals surface area contributed by atoms with Crippen LogP contribution in [0, 0.1) is 13.8 Å². The number of benzene rings is 2. The van der Waals surface area contributed by atoms with Gasteiger partial charge in [0.1, 0.15) is 11.5 Å². The van der Waals surface area contributed by atoms with Gasteiger partial charge in [0.15, 0.2) is 5.76 Å². The number of anilines is 1. The van der Waals surface area contributed by atoms with Crippen LogP contribution in [0.25, 0.3) is 0 Å². The molecule has 4 heteroatoms. The van der Waals surface area contributed by atoms with E-state index in [2.05, 4.69) is 12.2 Å². The van der Waals surface area contributed by atoms with Crippen LogP contribution in [0.5, 0.6) is 11.5 Å². The summed E-state index contributed by atoms with van der Waals surface area (Å²) >= 11 is 0. The SMILES string of the molecule is Cc1ccc(Oc2cccc(NC(=O)c3ccco3)c2)cc1C. The molecule has 116 valence electrons. The van der Waals surface area contributed by atoms with Gasteiger partial charge in [0, 0.05) is 11.8 Å². The summed E-state index contributed by atoms with van der Waals surface area (Å²) in [5.41, 5.74) is 3.04. The molecule has 0 spiro atoms. The Balaban J connectivity index is 1.74. The van der Waals surface area contributed by atoms with Gasteiger partial charge in [-0.2, -0.15) is 0 Å². The summed E-state index contributed by atoms with van der Waals surface area (Å²) in [7, 11) is 0. The molecule has 3 aromatic rings. The van der Waals surface area contributed by atoms with Gasteiger partial charge < -0.3 is 14.5 Å². The first-order chi connectivity index (χ1) is 11.1. The van der Waals surface area contributed by atoms with Gasteiger partial charge in [-0.05, 0) is 61.4 Å². The molecule has 0 aliphatic rings. The molecule has 4 nitrogen and oxygen atoms in total. The highest BCUT2D eigenvalue weighted by molar-refractivity contribution is 6.02. The second-order valence-corrected chi connectivity index (χ2v) is 5.31. The van der Waals surface area contributed by atoms with E-state index >= 15 is 0 Å². The third-order valence-electron chi connectivity index (χ3n) is 3.55. The number of ether oxygens (including phenoxy) is 1. The Morgan fingerprint density at radius 3 is 2.52 bits per heavy atom. The fourth-order valence-corrected chi connectivity index (χ4v) is 2.15. The quantitative estimate of drug-likeness (QED) is 0.742. The number of hydrogen-bond acceptors (Lipinski definition) is 3. The van der Waals surface area contributed by atoms with E-state index in [4.69, 9.17) is 9.15 Å². The molecule has 0 bridgehead atoms. The predicted molar refractivity (Wildman–Crippen MR) is 89.1 cm³/mol. The van der Waals surface area contributed by atoms with Gasteiger partial charge in [-0.15, -0.1) is 0 Å². The molecule has 0 aliphatic carbocycles. The highest BCUT2D eigenvalue weighted by atomic mass is 16.5. The van der Waals surface area contributed by atoms with Gasteiger partial charge in [0.25, 0.3) is 5.91 Å². The van der Waals surface area contributed by atoms with Crippen LogP contribution in [0.4, 0.5) is 5.69 Å². The number of nitrogens with one attached hydrogen (secondary N) is 1. The van der Waals surface area contributed by atoms with Crippen molar-refractivity contribution in [1.82, 2.24) is 0 Å². The molecule has 1 N–H and O–H groups in total. The molecule has 1 heterocycles. The average molecular weight is 307 g/mol. The molecule has 0 radical (unpaired) electrons. The first kappa shape index (κ1) is 14.9. The van der Waals surface area contributed by atoms with Gasteiger partial charge in [0.05, 0.1) is 6.26 Å². The minimum absolute atomic E-state index is 0.269. The van der Waals surface area contributed by atoms with E-state index in [1.807, 2.05) is 37.3 Å². The fraction of sp³-hybridized carbons (Fsp3) is 0.105.